The van der Waals surface area contributed by atoms with Gasteiger partial charge in [0.2, 0.25) is 0 Å². The Balaban J connectivity index is 1.99. The molecule has 0 N–H and O–H groups in total. The number of hydrogen-bond acceptors (Lipinski definition) is 2. The van der Waals surface area contributed by atoms with Gasteiger partial charge in [0.25, 0.3) is 0 Å². The number of ketones is 1. The van der Waals surface area contributed by atoms with Crippen LogP contribution in [0.1, 0.15) is 18.4 Å². The average molecular weight is 208 g/mol. The Morgan fingerprint density at radius 2 is 2.40 bits per heavy atom. The van der Waals surface area contributed by atoms with Gasteiger partial charge in [0.15, 0.2) is 5.78 Å². The predicted octanol–water partition coefficient (Wildman–Crippen LogP) is 2.12. The van der Waals surface area contributed by atoms with Crippen LogP contribution >= 0.6 is 0 Å². The van der Waals surface area contributed by atoms with Gasteiger partial charge in [-0.25, -0.2) is 4.39 Å². The van der Waals surface area contributed by atoms with E-state index in [0.29, 0.717) is 6.61 Å². The van der Waals surface area contributed by atoms with E-state index in [1.165, 1.54) is 12.1 Å². The van der Waals surface area contributed by atoms with Crippen LogP contribution in [-0.2, 0) is 16.0 Å². The largest absolute Gasteiger partial charge is 0.370 e. The first kappa shape index (κ1) is 10.3. The van der Waals surface area contributed by atoms with Crippen LogP contribution in [0.3, 0.4) is 0 Å². The molecule has 0 spiro atoms. The summed E-state index contributed by atoms with van der Waals surface area (Å²) in [5.41, 5.74) is 0.718. The second-order valence-electron chi connectivity index (χ2n) is 3.77. The van der Waals surface area contributed by atoms with E-state index in [1.54, 1.807) is 12.1 Å². The van der Waals surface area contributed by atoms with Crippen molar-refractivity contribution in [3.63, 3.8) is 0 Å². The fourth-order valence-corrected chi connectivity index (χ4v) is 1.79. The van der Waals surface area contributed by atoms with E-state index in [4.69, 9.17) is 4.74 Å². The van der Waals surface area contributed by atoms with Crippen LogP contribution in [0.2, 0.25) is 0 Å². The minimum atomic E-state index is -0.298. The van der Waals surface area contributed by atoms with Crippen LogP contribution in [0, 0.1) is 5.82 Å². The van der Waals surface area contributed by atoms with Crippen molar-refractivity contribution in [1.82, 2.24) is 0 Å². The number of ether oxygens (including phenoxy) is 1. The van der Waals surface area contributed by atoms with Crippen molar-refractivity contribution in [1.29, 1.82) is 0 Å². The second kappa shape index (κ2) is 4.53. The molecule has 2 nitrogen and oxygen atoms in total. The van der Waals surface area contributed by atoms with E-state index in [-0.39, 0.29) is 24.1 Å². The number of hydrogen-bond donors (Lipinski definition) is 0. The monoisotopic (exact) mass is 208 g/mol. The van der Waals surface area contributed by atoms with E-state index in [9.17, 15) is 9.18 Å². The second-order valence-corrected chi connectivity index (χ2v) is 3.77. The van der Waals surface area contributed by atoms with Crippen molar-refractivity contribution >= 4 is 5.78 Å². The standard InChI is InChI=1S/C12H13FO2/c13-10-4-1-3-9(7-10)8-11(14)12-5-2-6-15-12/h1,3-4,7,12H,2,5-6,8H2. The third-order valence-electron chi connectivity index (χ3n) is 2.56. The Bertz CT molecular complexity index is 356. The smallest absolute Gasteiger partial charge is 0.165 e. The maximum absolute atomic E-state index is 12.9. The molecule has 1 aromatic rings. The number of benzene rings is 1. The summed E-state index contributed by atoms with van der Waals surface area (Å²) in [6, 6.07) is 6.15. The van der Waals surface area contributed by atoms with Crippen LogP contribution in [0.25, 0.3) is 0 Å². The fraction of sp³-hybridized carbons (Fsp3) is 0.417. The molecule has 1 atom stereocenters. The zero-order valence-electron chi connectivity index (χ0n) is 8.41. The van der Waals surface area contributed by atoms with Crippen LogP contribution < -0.4 is 0 Å². The highest BCUT2D eigenvalue weighted by atomic mass is 19.1. The van der Waals surface area contributed by atoms with E-state index >= 15 is 0 Å². The van der Waals surface area contributed by atoms with Crippen molar-refractivity contribution in [2.45, 2.75) is 25.4 Å². The molecule has 1 saturated heterocycles. The topological polar surface area (TPSA) is 26.3 Å². The number of halogens is 1. The highest BCUT2D eigenvalue weighted by Crippen LogP contribution is 2.15. The van der Waals surface area contributed by atoms with Crippen molar-refractivity contribution in [3.05, 3.63) is 35.6 Å². The molecular formula is C12H13FO2. The van der Waals surface area contributed by atoms with Gasteiger partial charge in [-0.2, -0.15) is 0 Å². The Hall–Kier alpha value is -1.22. The number of carbonyl (C=O) groups is 1. The molecule has 15 heavy (non-hydrogen) atoms. The van der Waals surface area contributed by atoms with Gasteiger partial charge in [0, 0.05) is 13.0 Å². The minimum absolute atomic E-state index is 0.0538. The summed E-state index contributed by atoms with van der Waals surface area (Å²) in [5, 5.41) is 0. The number of rotatable bonds is 3. The summed E-state index contributed by atoms with van der Waals surface area (Å²) >= 11 is 0. The van der Waals surface area contributed by atoms with Crippen molar-refractivity contribution < 1.29 is 13.9 Å². The Kier molecular flexibility index (Phi) is 3.11. The Morgan fingerprint density at radius 1 is 1.53 bits per heavy atom. The van der Waals surface area contributed by atoms with Gasteiger partial charge in [-0.05, 0) is 30.5 Å². The molecule has 1 aromatic carbocycles. The molecule has 1 unspecified atom stereocenters. The highest BCUT2D eigenvalue weighted by molar-refractivity contribution is 5.85. The lowest BCUT2D eigenvalue weighted by Crippen LogP contribution is -2.21. The van der Waals surface area contributed by atoms with Gasteiger partial charge in [-0.1, -0.05) is 12.1 Å². The molecule has 0 aromatic heterocycles. The summed E-state index contributed by atoms with van der Waals surface area (Å²) in [4.78, 5) is 11.7. The number of carbonyl (C=O) groups excluding carboxylic acids is 1. The van der Waals surface area contributed by atoms with E-state index in [1.807, 2.05) is 0 Å². The highest BCUT2D eigenvalue weighted by Gasteiger charge is 2.23. The van der Waals surface area contributed by atoms with E-state index in [2.05, 4.69) is 0 Å². The van der Waals surface area contributed by atoms with Crippen molar-refractivity contribution in [3.8, 4) is 0 Å². The molecule has 1 fully saturated rings. The van der Waals surface area contributed by atoms with Gasteiger partial charge >= 0.3 is 0 Å². The molecule has 1 aliphatic rings. The van der Waals surface area contributed by atoms with Crippen LogP contribution in [-0.4, -0.2) is 18.5 Å². The van der Waals surface area contributed by atoms with E-state index < -0.39 is 0 Å². The molecule has 1 heterocycles. The lowest BCUT2D eigenvalue weighted by Gasteiger charge is -2.07. The van der Waals surface area contributed by atoms with Crippen LogP contribution in [0.5, 0.6) is 0 Å². The zero-order chi connectivity index (χ0) is 10.7. The lowest BCUT2D eigenvalue weighted by molar-refractivity contribution is -0.127. The zero-order valence-corrected chi connectivity index (χ0v) is 8.41. The summed E-state index contributed by atoms with van der Waals surface area (Å²) < 4.78 is 18.1. The summed E-state index contributed by atoms with van der Waals surface area (Å²) in [6.45, 7) is 0.666. The fourth-order valence-electron chi connectivity index (χ4n) is 1.79. The lowest BCUT2D eigenvalue weighted by atomic mass is 10.0. The van der Waals surface area contributed by atoms with Crippen LogP contribution in [0.15, 0.2) is 24.3 Å². The maximum atomic E-state index is 12.9. The molecule has 0 radical (unpaired) electrons. The quantitative estimate of drug-likeness (QED) is 0.760. The van der Waals surface area contributed by atoms with Gasteiger partial charge in [-0.15, -0.1) is 0 Å². The van der Waals surface area contributed by atoms with Gasteiger partial charge in [-0.3, -0.25) is 4.79 Å². The molecule has 2 rings (SSSR count). The molecule has 3 heteroatoms. The third kappa shape index (κ3) is 2.63. The first-order valence-corrected chi connectivity index (χ1v) is 5.14. The average Bonchev–Trinajstić information content (AvgIpc) is 2.70. The summed E-state index contributed by atoms with van der Waals surface area (Å²) in [6.07, 6.45) is 1.74. The van der Waals surface area contributed by atoms with Gasteiger partial charge < -0.3 is 4.74 Å². The maximum Gasteiger partial charge on any atom is 0.165 e. The molecule has 0 saturated carbocycles. The first-order valence-electron chi connectivity index (χ1n) is 5.14. The van der Waals surface area contributed by atoms with E-state index in [0.717, 1.165) is 18.4 Å². The van der Waals surface area contributed by atoms with Crippen molar-refractivity contribution in [2.24, 2.45) is 0 Å². The summed E-state index contributed by atoms with van der Waals surface area (Å²) in [5.74, 6) is -0.245. The first-order chi connectivity index (χ1) is 7.25. The van der Waals surface area contributed by atoms with Gasteiger partial charge in [0.1, 0.15) is 11.9 Å². The molecule has 1 aliphatic heterocycles. The van der Waals surface area contributed by atoms with Crippen molar-refractivity contribution in [2.75, 3.05) is 6.61 Å². The molecule has 80 valence electrons. The molecule has 0 amide bonds. The van der Waals surface area contributed by atoms with Gasteiger partial charge in [0.05, 0.1) is 0 Å². The number of Topliss-reactive ketones (excluding diaryl/α,β-unsaturated/α-hetero) is 1. The van der Waals surface area contributed by atoms with Crippen LogP contribution in [0.4, 0.5) is 4.39 Å². The normalized spacial score (nSPS) is 20.5. The molecular weight excluding hydrogens is 195 g/mol. The molecule has 0 bridgehead atoms. The Morgan fingerprint density at radius 3 is 3.07 bits per heavy atom. The molecule has 0 aliphatic carbocycles. The Labute approximate surface area is 88.1 Å². The SMILES string of the molecule is O=C(Cc1cccc(F)c1)C1CCCO1. The minimum Gasteiger partial charge on any atom is -0.370 e. The third-order valence-corrected chi connectivity index (χ3v) is 2.56. The predicted molar refractivity (Wildman–Crippen MR) is 54.1 cm³/mol. The summed E-state index contributed by atoms with van der Waals surface area (Å²) in [7, 11) is 0.